The molecule has 2 heterocycles. The quantitative estimate of drug-likeness (QED) is 0.490. The van der Waals surface area contributed by atoms with Crippen LogP contribution in [0.4, 0.5) is 9.18 Å². The summed E-state index contributed by atoms with van der Waals surface area (Å²) in [6.45, 7) is 3.91. The highest BCUT2D eigenvalue weighted by molar-refractivity contribution is 7.89. The second-order valence-corrected chi connectivity index (χ2v) is 12.5. The van der Waals surface area contributed by atoms with E-state index in [4.69, 9.17) is 16.3 Å². The van der Waals surface area contributed by atoms with Gasteiger partial charge < -0.3 is 9.64 Å². The van der Waals surface area contributed by atoms with Crippen LogP contribution in [0.5, 0.6) is 0 Å². The highest BCUT2D eigenvalue weighted by atomic mass is 35.5. The van der Waals surface area contributed by atoms with Crippen molar-refractivity contribution in [1.82, 2.24) is 14.1 Å². The highest BCUT2D eigenvalue weighted by Gasteiger charge is 2.41. The third kappa shape index (κ3) is 6.28. The maximum atomic E-state index is 14.1. The maximum Gasteiger partial charge on any atom is 0.409 e. The van der Waals surface area contributed by atoms with E-state index in [-0.39, 0.29) is 11.5 Å². The lowest BCUT2D eigenvalue weighted by atomic mass is 9.93. The molecular weight excluding hydrogens is 517 g/mol. The van der Waals surface area contributed by atoms with Gasteiger partial charge in [-0.15, -0.1) is 0 Å². The number of piperazine rings is 1. The van der Waals surface area contributed by atoms with E-state index in [1.807, 2.05) is 0 Å². The van der Waals surface area contributed by atoms with Gasteiger partial charge in [-0.25, -0.2) is 17.6 Å². The number of sulfonamides is 1. The van der Waals surface area contributed by atoms with Crippen LogP contribution in [0.2, 0.25) is 5.02 Å². The van der Waals surface area contributed by atoms with Gasteiger partial charge >= 0.3 is 6.09 Å². The SMILES string of the molecule is O=C(OCC1CCCC(c2cccc(F)c2)N1S(=O)(=O)c1ccc(Cl)cc1)N1CCN(CC2CC2)CC1. The molecule has 0 N–H and O–H groups in total. The number of benzene rings is 2. The molecule has 37 heavy (non-hydrogen) atoms. The second-order valence-electron chi connectivity index (χ2n) is 10.3. The van der Waals surface area contributed by atoms with Crippen molar-refractivity contribution in [2.45, 2.75) is 49.1 Å². The standard InChI is InChI=1S/C27H33ClFN3O4S/c28-22-9-11-25(12-10-22)37(34,35)32-24(5-2-6-26(32)21-3-1-4-23(29)17-21)19-36-27(33)31-15-13-30(14-16-31)18-20-7-8-20/h1,3-4,9-12,17,20,24,26H,2,5-8,13-16,18-19H2. The van der Waals surface area contributed by atoms with E-state index >= 15 is 0 Å². The molecule has 1 saturated carbocycles. The number of hydrogen-bond donors (Lipinski definition) is 0. The molecule has 2 atom stereocenters. The van der Waals surface area contributed by atoms with Gasteiger partial charge in [-0.2, -0.15) is 4.31 Å². The van der Waals surface area contributed by atoms with Gasteiger partial charge in [0.1, 0.15) is 12.4 Å². The lowest BCUT2D eigenvalue weighted by Crippen LogP contribution is -2.51. The summed E-state index contributed by atoms with van der Waals surface area (Å²) >= 11 is 6.00. The first-order chi connectivity index (χ1) is 17.8. The number of ether oxygens (including phenoxy) is 1. The Morgan fingerprint density at radius 2 is 1.73 bits per heavy atom. The molecule has 2 aliphatic heterocycles. The summed E-state index contributed by atoms with van der Waals surface area (Å²) < 4.78 is 49.0. The average Bonchev–Trinajstić information content (AvgIpc) is 3.72. The molecule has 0 aromatic heterocycles. The number of halogens is 2. The minimum atomic E-state index is -3.98. The van der Waals surface area contributed by atoms with Crippen LogP contribution in [-0.4, -0.2) is 74.0 Å². The van der Waals surface area contributed by atoms with Crippen molar-refractivity contribution in [3.8, 4) is 0 Å². The minimum absolute atomic E-state index is 0.0558. The Labute approximate surface area is 223 Å². The molecule has 200 valence electrons. The molecule has 2 saturated heterocycles. The van der Waals surface area contributed by atoms with Crippen molar-refractivity contribution >= 4 is 27.7 Å². The second kappa shape index (κ2) is 11.3. The van der Waals surface area contributed by atoms with Crippen molar-refractivity contribution in [1.29, 1.82) is 0 Å². The molecule has 2 aromatic carbocycles. The fourth-order valence-corrected chi connectivity index (χ4v) is 7.34. The van der Waals surface area contributed by atoms with Gasteiger partial charge in [0.15, 0.2) is 0 Å². The van der Waals surface area contributed by atoms with Crippen LogP contribution in [0.15, 0.2) is 53.4 Å². The first-order valence-electron chi connectivity index (χ1n) is 13.0. The number of hydrogen-bond acceptors (Lipinski definition) is 5. The molecule has 2 aromatic rings. The summed E-state index contributed by atoms with van der Waals surface area (Å²) in [6, 6.07) is 10.9. The van der Waals surface area contributed by atoms with E-state index in [9.17, 15) is 17.6 Å². The van der Waals surface area contributed by atoms with Crippen LogP contribution in [0.25, 0.3) is 0 Å². The molecule has 0 radical (unpaired) electrons. The molecule has 2 unspecified atom stereocenters. The Balaban J connectivity index is 1.32. The number of carbonyl (C=O) groups excluding carboxylic acids is 1. The predicted molar refractivity (Wildman–Crippen MR) is 139 cm³/mol. The van der Waals surface area contributed by atoms with Crippen LogP contribution < -0.4 is 0 Å². The van der Waals surface area contributed by atoms with E-state index in [1.165, 1.54) is 53.5 Å². The van der Waals surface area contributed by atoms with Crippen molar-refractivity contribution in [3.63, 3.8) is 0 Å². The zero-order valence-electron chi connectivity index (χ0n) is 20.8. The zero-order valence-corrected chi connectivity index (χ0v) is 22.3. The Kier molecular flexibility index (Phi) is 8.04. The lowest BCUT2D eigenvalue weighted by molar-refractivity contribution is 0.0482. The average molecular weight is 550 g/mol. The number of carbonyl (C=O) groups is 1. The third-order valence-corrected chi connectivity index (χ3v) is 9.78. The largest absolute Gasteiger partial charge is 0.448 e. The van der Waals surface area contributed by atoms with Crippen molar-refractivity contribution < 1.29 is 22.3 Å². The summed E-state index contributed by atoms with van der Waals surface area (Å²) in [5.41, 5.74) is 0.584. The molecule has 0 bridgehead atoms. The minimum Gasteiger partial charge on any atom is -0.448 e. The van der Waals surface area contributed by atoms with Crippen molar-refractivity contribution in [2.75, 3.05) is 39.3 Å². The van der Waals surface area contributed by atoms with E-state index in [0.29, 0.717) is 36.5 Å². The Hall–Kier alpha value is -2.20. The molecule has 3 aliphatic rings. The fourth-order valence-electron chi connectivity index (χ4n) is 5.37. The van der Waals surface area contributed by atoms with Crippen LogP contribution in [-0.2, 0) is 14.8 Å². The van der Waals surface area contributed by atoms with Crippen LogP contribution >= 0.6 is 11.6 Å². The van der Waals surface area contributed by atoms with E-state index < -0.39 is 34.0 Å². The molecule has 10 heteroatoms. The summed E-state index contributed by atoms with van der Waals surface area (Å²) in [5.74, 6) is 0.389. The Bertz CT molecular complexity index is 1200. The third-order valence-electron chi connectivity index (χ3n) is 7.55. The summed E-state index contributed by atoms with van der Waals surface area (Å²) in [7, 11) is -3.98. The summed E-state index contributed by atoms with van der Waals surface area (Å²) in [5, 5.41) is 0.432. The van der Waals surface area contributed by atoms with Gasteiger partial charge in [-0.05, 0) is 80.0 Å². The monoisotopic (exact) mass is 549 g/mol. The maximum absolute atomic E-state index is 14.1. The normalized spacial score (nSPS) is 23.7. The van der Waals surface area contributed by atoms with Gasteiger partial charge in [0.2, 0.25) is 10.0 Å². The van der Waals surface area contributed by atoms with E-state index in [2.05, 4.69) is 4.90 Å². The molecular formula is C27H33ClFN3O4S. The van der Waals surface area contributed by atoms with Gasteiger partial charge in [-0.1, -0.05) is 23.7 Å². The molecule has 1 amide bonds. The number of amides is 1. The molecule has 7 nitrogen and oxygen atoms in total. The van der Waals surface area contributed by atoms with Crippen LogP contribution in [0.3, 0.4) is 0 Å². The van der Waals surface area contributed by atoms with Gasteiger partial charge in [0.25, 0.3) is 0 Å². The molecule has 5 rings (SSSR count). The number of rotatable bonds is 7. The van der Waals surface area contributed by atoms with Crippen LogP contribution in [0, 0.1) is 11.7 Å². The smallest absolute Gasteiger partial charge is 0.409 e. The van der Waals surface area contributed by atoms with Gasteiger partial charge in [0.05, 0.1) is 17.0 Å². The van der Waals surface area contributed by atoms with Crippen LogP contribution in [0.1, 0.15) is 43.7 Å². The Morgan fingerprint density at radius 3 is 2.41 bits per heavy atom. The molecule has 0 spiro atoms. The highest BCUT2D eigenvalue weighted by Crippen LogP contribution is 2.39. The summed E-state index contributed by atoms with van der Waals surface area (Å²) in [6.07, 6.45) is 4.01. The van der Waals surface area contributed by atoms with Gasteiger partial charge in [-0.3, -0.25) is 4.90 Å². The number of piperidine rings is 1. The number of nitrogens with zero attached hydrogens (tertiary/aromatic N) is 3. The molecule has 3 fully saturated rings. The zero-order chi connectivity index (χ0) is 26.0. The first-order valence-corrected chi connectivity index (χ1v) is 14.8. The van der Waals surface area contributed by atoms with Gasteiger partial charge in [0, 0.05) is 37.7 Å². The topological polar surface area (TPSA) is 70.2 Å². The first kappa shape index (κ1) is 26.4. The van der Waals surface area contributed by atoms with E-state index in [1.54, 1.807) is 17.0 Å². The van der Waals surface area contributed by atoms with E-state index in [0.717, 1.165) is 32.0 Å². The lowest BCUT2D eigenvalue weighted by Gasteiger charge is -2.41. The Morgan fingerprint density at radius 1 is 1.00 bits per heavy atom. The molecule has 1 aliphatic carbocycles. The summed E-state index contributed by atoms with van der Waals surface area (Å²) in [4.78, 5) is 17.1. The predicted octanol–water partition coefficient (Wildman–Crippen LogP) is 4.93. The van der Waals surface area contributed by atoms with Crippen molar-refractivity contribution in [2.24, 2.45) is 5.92 Å². The van der Waals surface area contributed by atoms with Crippen molar-refractivity contribution in [3.05, 3.63) is 64.9 Å². The fraction of sp³-hybridized carbons (Fsp3) is 0.519.